The number of carbonyl (C=O) groups excluding carboxylic acids is 1. The number of halogens is 1. The molecule has 2 aliphatic heterocycles. The highest BCUT2D eigenvalue weighted by atomic mass is 19.1. The molecule has 0 spiro atoms. The van der Waals surface area contributed by atoms with Gasteiger partial charge in [0.25, 0.3) is 5.91 Å². The number of β-amino-alcohol motifs (C(OH)–C–C–N with tert-alkyl or cyclic N) is 1. The van der Waals surface area contributed by atoms with E-state index in [1.807, 2.05) is 0 Å². The second-order valence-corrected chi connectivity index (χ2v) is 8.40. The Morgan fingerprint density at radius 3 is 2.52 bits per heavy atom. The Hall–Kier alpha value is -2.74. The fraction of sp³-hybridized carbons (Fsp3) is 0.375. The number of benzene rings is 2. The number of H-pyrrole nitrogens is 1. The van der Waals surface area contributed by atoms with Gasteiger partial charge in [-0.05, 0) is 35.2 Å². The maximum atomic E-state index is 14.1. The number of amides is 1. The Morgan fingerprint density at radius 2 is 1.77 bits per heavy atom. The van der Waals surface area contributed by atoms with Crippen LogP contribution in [0.1, 0.15) is 21.5 Å². The largest absolute Gasteiger partial charge is 0.395 e. The van der Waals surface area contributed by atoms with Gasteiger partial charge in [-0.1, -0.05) is 24.3 Å². The molecular weight excluding hydrogens is 395 g/mol. The van der Waals surface area contributed by atoms with Gasteiger partial charge in [-0.3, -0.25) is 14.6 Å². The van der Waals surface area contributed by atoms with Gasteiger partial charge in [0, 0.05) is 62.4 Å². The second kappa shape index (κ2) is 8.42. The van der Waals surface area contributed by atoms with Crippen LogP contribution in [0.15, 0.2) is 36.4 Å². The van der Waals surface area contributed by atoms with Gasteiger partial charge in [-0.2, -0.15) is 0 Å². The maximum Gasteiger partial charge on any atom is 0.252 e. The lowest BCUT2D eigenvalue weighted by Gasteiger charge is -2.34. The molecule has 1 fully saturated rings. The normalized spacial score (nSPS) is 17.7. The Balaban J connectivity index is 1.38. The smallest absolute Gasteiger partial charge is 0.252 e. The highest BCUT2D eigenvalue weighted by Gasteiger charge is 2.23. The van der Waals surface area contributed by atoms with Gasteiger partial charge in [-0.25, -0.2) is 4.39 Å². The molecule has 0 aliphatic carbocycles. The van der Waals surface area contributed by atoms with E-state index in [9.17, 15) is 9.18 Å². The van der Waals surface area contributed by atoms with E-state index in [1.54, 1.807) is 0 Å². The van der Waals surface area contributed by atoms with E-state index >= 15 is 0 Å². The first-order valence-electron chi connectivity index (χ1n) is 10.9. The SMILES string of the molecule is O=C1NCCc2c(-c3ccc(CN4CCN(CCO)CC4)cc3)[nH]c3cc(F)cc1c23. The summed E-state index contributed by atoms with van der Waals surface area (Å²) in [6, 6.07) is 11.3. The van der Waals surface area contributed by atoms with Gasteiger partial charge in [0.1, 0.15) is 5.82 Å². The Kier molecular flexibility index (Phi) is 5.48. The topological polar surface area (TPSA) is 71.6 Å². The van der Waals surface area contributed by atoms with Crippen molar-refractivity contribution in [1.29, 1.82) is 0 Å². The first-order chi connectivity index (χ1) is 15.1. The van der Waals surface area contributed by atoms with Crippen LogP contribution in [0.3, 0.4) is 0 Å². The van der Waals surface area contributed by atoms with E-state index in [4.69, 9.17) is 5.11 Å². The molecule has 31 heavy (non-hydrogen) atoms. The average molecular weight is 423 g/mol. The zero-order chi connectivity index (χ0) is 21.4. The third-order valence-corrected chi connectivity index (χ3v) is 6.40. The molecule has 0 saturated carbocycles. The summed E-state index contributed by atoms with van der Waals surface area (Å²) >= 11 is 0. The molecule has 3 aromatic rings. The predicted molar refractivity (Wildman–Crippen MR) is 119 cm³/mol. The fourth-order valence-electron chi connectivity index (χ4n) is 4.78. The number of piperazine rings is 1. The zero-order valence-electron chi connectivity index (χ0n) is 17.5. The van der Waals surface area contributed by atoms with Gasteiger partial charge in [-0.15, -0.1) is 0 Å². The number of aromatic amines is 1. The van der Waals surface area contributed by atoms with Crippen LogP contribution in [0.25, 0.3) is 22.2 Å². The van der Waals surface area contributed by atoms with Crippen molar-refractivity contribution in [2.75, 3.05) is 45.9 Å². The van der Waals surface area contributed by atoms with Gasteiger partial charge in [0.05, 0.1) is 12.2 Å². The lowest BCUT2D eigenvalue weighted by molar-refractivity contribution is 0.0956. The number of hydrogen-bond acceptors (Lipinski definition) is 4. The number of aliphatic hydroxyl groups excluding tert-OH is 1. The number of hydrogen-bond donors (Lipinski definition) is 3. The van der Waals surface area contributed by atoms with Crippen molar-refractivity contribution in [3.8, 4) is 11.3 Å². The van der Waals surface area contributed by atoms with Crippen molar-refractivity contribution in [2.24, 2.45) is 0 Å². The Labute approximate surface area is 180 Å². The minimum absolute atomic E-state index is 0.218. The number of nitrogens with one attached hydrogen (secondary N) is 2. The molecular formula is C24H27FN4O2. The summed E-state index contributed by atoms with van der Waals surface area (Å²) in [7, 11) is 0. The minimum atomic E-state index is -0.409. The quantitative estimate of drug-likeness (QED) is 0.590. The van der Waals surface area contributed by atoms with Crippen LogP contribution in [0.4, 0.5) is 4.39 Å². The molecule has 5 rings (SSSR count). The molecule has 6 nitrogen and oxygen atoms in total. The zero-order valence-corrected chi connectivity index (χ0v) is 17.5. The van der Waals surface area contributed by atoms with Gasteiger partial charge >= 0.3 is 0 Å². The molecule has 3 N–H and O–H groups in total. The molecule has 3 heterocycles. The van der Waals surface area contributed by atoms with E-state index < -0.39 is 5.82 Å². The fourth-order valence-corrected chi connectivity index (χ4v) is 4.78. The van der Waals surface area contributed by atoms with Crippen LogP contribution >= 0.6 is 0 Å². The van der Waals surface area contributed by atoms with Crippen LogP contribution in [0.5, 0.6) is 0 Å². The number of rotatable bonds is 5. The van der Waals surface area contributed by atoms with E-state index in [0.29, 0.717) is 24.0 Å². The van der Waals surface area contributed by atoms with Crippen LogP contribution < -0.4 is 5.32 Å². The van der Waals surface area contributed by atoms with Crippen LogP contribution in [0, 0.1) is 5.82 Å². The molecule has 2 aliphatic rings. The third kappa shape index (κ3) is 3.96. The highest BCUT2D eigenvalue weighted by Crippen LogP contribution is 2.34. The van der Waals surface area contributed by atoms with Crippen molar-refractivity contribution in [3.05, 3.63) is 58.9 Å². The van der Waals surface area contributed by atoms with Crippen LogP contribution in [-0.4, -0.2) is 71.7 Å². The van der Waals surface area contributed by atoms with Crippen molar-refractivity contribution in [3.63, 3.8) is 0 Å². The summed E-state index contributed by atoms with van der Waals surface area (Å²) in [6.07, 6.45) is 0.708. The Bertz CT molecular complexity index is 1100. The number of aromatic nitrogens is 1. The predicted octanol–water partition coefficient (Wildman–Crippen LogP) is 2.37. The lowest BCUT2D eigenvalue weighted by atomic mass is 9.99. The summed E-state index contributed by atoms with van der Waals surface area (Å²) in [6.45, 7) is 6.39. The number of aliphatic hydroxyl groups is 1. The van der Waals surface area contributed by atoms with Crippen molar-refractivity contribution >= 4 is 16.8 Å². The maximum absolute atomic E-state index is 14.1. The second-order valence-electron chi connectivity index (χ2n) is 8.40. The summed E-state index contributed by atoms with van der Waals surface area (Å²) in [5.41, 5.74) is 5.40. The van der Waals surface area contributed by atoms with Gasteiger partial charge in [0.15, 0.2) is 0 Å². The molecule has 1 amide bonds. The number of nitrogens with zero attached hydrogens (tertiary/aromatic N) is 2. The van der Waals surface area contributed by atoms with Crippen LogP contribution in [-0.2, 0) is 13.0 Å². The monoisotopic (exact) mass is 422 g/mol. The third-order valence-electron chi connectivity index (χ3n) is 6.40. The van der Waals surface area contributed by atoms with Crippen LogP contribution in [0.2, 0.25) is 0 Å². The summed E-state index contributed by atoms with van der Waals surface area (Å²) in [5, 5.41) is 12.8. The molecule has 0 radical (unpaired) electrons. The average Bonchev–Trinajstić information content (AvgIpc) is 3.04. The minimum Gasteiger partial charge on any atom is -0.395 e. The molecule has 162 valence electrons. The summed E-state index contributed by atoms with van der Waals surface area (Å²) in [5.74, 6) is -0.628. The van der Waals surface area contributed by atoms with Crippen molar-refractivity contribution < 1.29 is 14.3 Å². The molecule has 1 saturated heterocycles. The Morgan fingerprint density at radius 1 is 1.03 bits per heavy atom. The lowest BCUT2D eigenvalue weighted by Crippen LogP contribution is -2.46. The molecule has 0 bridgehead atoms. The van der Waals surface area contributed by atoms with Gasteiger partial charge < -0.3 is 15.4 Å². The standard InChI is InChI=1S/C24H27FN4O2/c25-18-13-20-22-19(5-6-26-24(20)31)23(27-21(22)14-18)17-3-1-16(2-4-17)15-29-9-7-28(8-10-29)11-12-30/h1-4,13-14,27,30H,5-12,15H2,(H,26,31). The van der Waals surface area contributed by atoms with E-state index in [1.165, 1.54) is 17.7 Å². The highest BCUT2D eigenvalue weighted by molar-refractivity contribution is 6.10. The first kappa shape index (κ1) is 20.2. The number of carbonyl (C=O) groups is 1. The molecule has 2 aromatic carbocycles. The van der Waals surface area contributed by atoms with E-state index in [0.717, 1.165) is 61.5 Å². The van der Waals surface area contributed by atoms with Crippen molar-refractivity contribution in [2.45, 2.75) is 13.0 Å². The molecule has 1 aromatic heterocycles. The van der Waals surface area contributed by atoms with Gasteiger partial charge in [0.2, 0.25) is 0 Å². The van der Waals surface area contributed by atoms with Crippen molar-refractivity contribution in [1.82, 2.24) is 20.1 Å². The van der Waals surface area contributed by atoms with E-state index in [-0.39, 0.29) is 12.5 Å². The first-order valence-corrected chi connectivity index (χ1v) is 10.9. The summed E-state index contributed by atoms with van der Waals surface area (Å²) in [4.78, 5) is 20.5. The molecule has 7 heteroatoms. The summed E-state index contributed by atoms with van der Waals surface area (Å²) < 4.78 is 14.1. The molecule has 0 unspecified atom stereocenters. The van der Waals surface area contributed by atoms with E-state index in [2.05, 4.69) is 44.4 Å². The molecule has 0 atom stereocenters.